The molecule has 4 rings (SSSR count). The van der Waals surface area contributed by atoms with Gasteiger partial charge in [0.05, 0.1) is 17.7 Å². The predicted molar refractivity (Wildman–Crippen MR) is 98.6 cm³/mol. The van der Waals surface area contributed by atoms with Crippen LogP contribution in [0.25, 0.3) is 0 Å². The van der Waals surface area contributed by atoms with Gasteiger partial charge in [0, 0.05) is 43.2 Å². The van der Waals surface area contributed by atoms with Crippen molar-refractivity contribution < 1.29 is 4.79 Å². The fourth-order valence-electron chi connectivity index (χ4n) is 4.31. The van der Waals surface area contributed by atoms with Crippen molar-refractivity contribution in [3.63, 3.8) is 0 Å². The summed E-state index contributed by atoms with van der Waals surface area (Å²) < 4.78 is 2.20. The number of rotatable bonds is 5. The van der Waals surface area contributed by atoms with Crippen molar-refractivity contribution in [1.29, 1.82) is 0 Å². The van der Waals surface area contributed by atoms with Crippen LogP contribution in [0, 0.1) is 5.92 Å². The third-order valence-corrected chi connectivity index (χ3v) is 6.28. The van der Waals surface area contributed by atoms with E-state index in [1.165, 1.54) is 25.7 Å². The van der Waals surface area contributed by atoms with Crippen LogP contribution >= 0.6 is 11.3 Å². The van der Waals surface area contributed by atoms with Gasteiger partial charge in [-0.1, -0.05) is 12.8 Å². The Morgan fingerprint density at radius 3 is 2.88 bits per heavy atom. The van der Waals surface area contributed by atoms with Gasteiger partial charge in [-0.25, -0.2) is 9.97 Å². The lowest BCUT2D eigenvalue weighted by molar-refractivity contribution is -0.133. The zero-order chi connectivity index (χ0) is 17.1. The molecule has 134 valence electrons. The molecular formula is C19H26N4OS. The summed E-state index contributed by atoms with van der Waals surface area (Å²) in [7, 11) is 0. The maximum Gasteiger partial charge on any atom is 0.222 e. The molecule has 1 atom stereocenters. The third kappa shape index (κ3) is 3.94. The lowest BCUT2D eigenvalue weighted by Crippen LogP contribution is -2.40. The molecule has 3 heterocycles. The quantitative estimate of drug-likeness (QED) is 0.819. The highest BCUT2D eigenvalue weighted by molar-refractivity contribution is 7.07. The molecule has 25 heavy (non-hydrogen) atoms. The molecule has 1 amide bonds. The van der Waals surface area contributed by atoms with Crippen molar-refractivity contribution in [3.8, 4) is 0 Å². The number of amides is 1. The molecule has 1 saturated heterocycles. The molecule has 0 aromatic carbocycles. The fourth-order valence-corrected chi connectivity index (χ4v) is 4.86. The van der Waals surface area contributed by atoms with Crippen molar-refractivity contribution in [3.05, 3.63) is 34.8 Å². The van der Waals surface area contributed by atoms with Crippen molar-refractivity contribution in [2.24, 2.45) is 5.92 Å². The van der Waals surface area contributed by atoms with Gasteiger partial charge in [0.2, 0.25) is 5.91 Å². The zero-order valence-corrected chi connectivity index (χ0v) is 15.5. The molecule has 1 aliphatic heterocycles. The van der Waals surface area contributed by atoms with E-state index in [9.17, 15) is 4.79 Å². The Morgan fingerprint density at radius 2 is 2.08 bits per heavy atom. The second-order valence-corrected chi connectivity index (χ2v) is 8.15. The minimum Gasteiger partial charge on any atom is -0.342 e. The highest BCUT2D eigenvalue weighted by atomic mass is 32.1. The van der Waals surface area contributed by atoms with E-state index in [4.69, 9.17) is 0 Å². The Balaban J connectivity index is 1.41. The number of imidazole rings is 1. The Kier molecular flexibility index (Phi) is 5.15. The van der Waals surface area contributed by atoms with Crippen LogP contribution in [0.2, 0.25) is 0 Å². The van der Waals surface area contributed by atoms with E-state index < -0.39 is 0 Å². The Labute approximate surface area is 153 Å². The summed E-state index contributed by atoms with van der Waals surface area (Å²) in [5, 5.41) is 2.09. The summed E-state index contributed by atoms with van der Waals surface area (Å²) in [5.74, 6) is 2.43. The van der Waals surface area contributed by atoms with Gasteiger partial charge in [-0.15, -0.1) is 11.3 Å². The lowest BCUT2D eigenvalue weighted by Gasteiger charge is -2.33. The van der Waals surface area contributed by atoms with E-state index in [2.05, 4.69) is 24.8 Å². The largest absolute Gasteiger partial charge is 0.342 e. The van der Waals surface area contributed by atoms with Crippen molar-refractivity contribution >= 4 is 17.2 Å². The first kappa shape index (κ1) is 16.8. The van der Waals surface area contributed by atoms with Crippen LogP contribution in [0.4, 0.5) is 0 Å². The van der Waals surface area contributed by atoms with Crippen molar-refractivity contribution in [1.82, 2.24) is 19.4 Å². The summed E-state index contributed by atoms with van der Waals surface area (Å²) in [5.41, 5.74) is 2.95. The average molecular weight is 359 g/mol. The Hall–Kier alpha value is -1.69. The van der Waals surface area contributed by atoms with Gasteiger partial charge in [-0.05, 0) is 31.6 Å². The van der Waals surface area contributed by atoms with Crippen LogP contribution in [0.5, 0.6) is 0 Å². The van der Waals surface area contributed by atoms with Crippen LogP contribution < -0.4 is 0 Å². The molecule has 0 unspecified atom stereocenters. The van der Waals surface area contributed by atoms with E-state index in [0.29, 0.717) is 17.7 Å². The number of aromatic nitrogens is 3. The number of likely N-dealkylation sites (tertiary alicyclic amines) is 1. The molecule has 1 saturated carbocycles. The normalized spacial score (nSPS) is 21.8. The standard InChI is InChI=1S/C19H26N4OS/c24-18(10-15-4-1-2-5-15)22-8-3-6-16(11-22)19-20-7-9-23(19)12-17-13-25-14-21-17/h7,9,13-16H,1-6,8,10-12H2/t16-/m0/s1. The molecule has 6 heteroatoms. The molecule has 0 N–H and O–H groups in total. The number of hydrogen-bond donors (Lipinski definition) is 0. The zero-order valence-electron chi connectivity index (χ0n) is 14.6. The molecule has 2 fully saturated rings. The molecule has 2 aliphatic rings. The summed E-state index contributed by atoms with van der Waals surface area (Å²) in [4.78, 5) is 23.8. The van der Waals surface area contributed by atoms with E-state index in [1.807, 2.05) is 17.9 Å². The van der Waals surface area contributed by atoms with Gasteiger partial charge in [0.25, 0.3) is 0 Å². The second kappa shape index (κ2) is 7.68. The van der Waals surface area contributed by atoms with Crippen LogP contribution in [0.15, 0.2) is 23.3 Å². The van der Waals surface area contributed by atoms with Gasteiger partial charge in [0.15, 0.2) is 0 Å². The summed E-state index contributed by atoms with van der Waals surface area (Å²) in [6.45, 7) is 2.50. The van der Waals surface area contributed by atoms with Crippen LogP contribution in [-0.2, 0) is 11.3 Å². The Morgan fingerprint density at radius 1 is 1.20 bits per heavy atom. The third-order valence-electron chi connectivity index (χ3n) is 5.64. The molecule has 0 bridgehead atoms. The minimum atomic E-state index is 0.343. The van der Waals surface area contributed by atoms with Gasteiger partial charge < -0.3 is 9.47 Å². The monoisotopic (exact) mass is 358 g/mol. The van der Waals surface area contributed by atoms with Gasteiger partial charge >= 0.3 is 0 Å². The van der Waals surface area contributed by atoms with E-state index in [-0.39, 0.29) is 0 Å². The molecule has 2 aromatic heterocycles. The fraction of sp³-hybridized carbons (Fsp3) is 0.632. The predicted octanol–water partition coefficient (Wildman–Crippen LogP) is 3.67. The smallest absolute Gasteiger partial charge is 0.222 e. The first-order valence-corrected chi connectivity index (χ1v) is 10.4. The summed E-state index contributed by atoms with van der Waals surface area (Å²) in [6, 6.07) is 0. The van der Waals surface area contributed by atoms with Gasteiger partial charge in [-0.2, -0.15) is 0 Å². The first-order valence-electron chi connectivity index (χ1n) is 9.45. The maximum absolute atomic E-state index is 12.7. The number of carbonyl (C=O) groups is 1. The molecular weight excluding hydrogens is 332 g/mol. The first-order chi connectivity index (χ1) is 12.3. The molecule has 0 spiro atoms. The van der Waals surface area contributed by atoms with E-state index >= 15 is 0 Å². The van der Waals surface area contributed by atoms with Crippen molar-refractivity contribution in [2.45, 2.75) is 57.4 Å². The van der Waals surface area contributed by atoms with E-state index in [1.54, 1.807) is 11.3 Å². The average Bonchev–Trinajstić information content (AvgIpc) is 3.38. The van der Waals surface area contributed by atoms with Gasteiger partial charge in [-0.3, -0.25) is 4.79 Å². The molecule has 5 nitrogen and oxygen atoms in total. The number of piperidine rings is 1. The SMILES string of the molecule is O=C(CC1CCCC1)N1CCC[C@H](c2nccn2Cc2cscn2)C1. The molecule has 0 radical (unpaired) electrons. The molecule has 1 aliphatic carbocycles. The minimum absolute atomic E-state index is 0.343. The van der Waals surface area contributed by atoms with Gasteiger partial charge in [0.1, 0.15) is 5.82 Å². The highest BCUT2D eigenvalue weighted by Gasteiger charge is 2.29. The number of nitrogens with zero attached hydrogens (tertiary/aromatic N) is 4. The maximum atomic E-state index is 12.7. The molecule has 2 aromatic rings. The number of carbonyl (C=O) groups excluding carboxylic acids is 1. The Bertz CT molecular complexity index is 690. The second-order valence-electron chi connectivity index (χ2n) is 7.43. The van der Waals surface area contributed by atoms with Crippen LogP contribution in [0.3, 0.4) is 0 Å². The van der Waals surface area contributed by atoms with Crippen LogP contribution in [0.1, 0.15) is 62.4 Å². The summed E-state index contributed by atoms with van der Waals surface area (Å²) in [6.07, 6.45) is 11.9. The topological polar surface area (TPSA) is 51.0 Å². The number of hydrogen-bond acceptors (Lipinski definition) is 4. The summed E-state index contributed by atoms with van der Waals surface area (Å²) >= 11 is 1.62. The van der Waals surface area contributed by atoms with Crippen LogP contribution in [-0.4, -0.2) is 38.4 Å². The number of thiazole rings is 1. The lowest BCUT2D eigenvalue weighted by atomic mass is 9.95. The van der Waals surface area contributed by atoms with Crippen molar-refractivity contribution in [2.75, 3.05) is 13.1 Å². The van der Waals surface area contributed by atoms with E-state index in [0.717, 1.165) is 50.4 Å². The highest BCUT2D eigenvalue weighted by Crippen LogP contribution is 2.30.